The summed E-state index contributed by atoms with van der Waals surface area (Å²) in [6.45, 7) is 3.77. The number of nitrogens with zero attached hydrogens (tertiary/aromatic N) is 7. The van der Waals surface area contributed by atoms with Gasteiger partial charge in [-0.2, -0.15) is 5.10 Å². The van der Waals surface area contributed by atoms with Crippen molar-refractivity contribution in [1.29, 1.82) is 0 Å². The van der Waals surface area contributed by atoms with Gasteiger partial charge < -0.3 is 19.1 Å². The van der Waals surface area contributed by atoms with E-state index in [9.17, 15) is 9.59 Å². The van der Waals surface area contributed by atoms with E-state index in [1.54, 1.807) is 34.2 Å². The summed E-state index contributed by atoms with van der Waals surface area (Å²) in [5.41, 5.74) is 0.798. The lowest BCUT2D eigenvalue weighted by molar-refractivity contribution is -0.137. The van der Waals surface area contributed by atoms with Gasteiger partial charge in [0.05, 0.1) is 23.8 Å². The van der Waals surface area contributed by atoms with Crippen LogP contribution in [0.3, 0.4) is 0 Å². The van der Waals surface area contributed by atoms with Gasteiger partial charge >= 0.3 is 0 Å². The number of likely N-dealkylation sites (tertiary alicyclic amines) is 1. The summed E-state index contributed by atoms with van der Waals surface area (Å²) in [5, 5.41) is 5.20. The molecule has 0 aromatic carbocycles. The van der Waals surface area contributed by atoms with Gasteiger partial charge in [-0.1, -0.05) is 0 Å². The van der Waals surface area contributed by atoms with E-state index in [4.69, 9.17) is 4.42 Å². The molecule has 0 saturated carbocycles. The molecular formula is C21H25N7O3. The van der Waals surface area contributed by atoms with Crippen molar-refractivity contribution in [3.8, 4) is 0 Å². The highest BCUT2D eigenvalue weighted by Gasteiger charge is 2.33. The molecule has 2 aliphatic rings. The second kappa shape index (κ2) is 8.01. The molecule has 2 aliphatic heterocycles. The summed E-state index contributed by atoms with van der Waals surface area (Å²) < 4.78 is 6.97. The van der Waals surface area contributed by atoms with Crippen molar-refractivity contribution in [2.75, 3.05) is 44.2 Å². The first-order valence-electron chi connectivity index (χ1n) is 10.6. The monoisotopic (exact) mass is 423 g/mol. The minimum absolute atomic E-state index is 0.130. The number of aromatic nitrogens is 4. The van der Waals surface area contributed by atoms with Gasteiger partial charge in [-0.15, -0.1) is 0 Å². The predicted molar refractivity (Wildman–Crippen MR) is 112 cm³/mol. The van der Waals surface area contributed by atoms with E-state index in [-0.39, 0.29) is 17.7 Å². The number of amides is 2. The van der Waals surface area contributed by atoms with Crippen LogP contribution in [0.1, 0.15) is 23.4 Å². The molecule has 0 N–H and O–H groups in total. The number of hydrogen-bond donors (Lipinski definition) is 0. The molecule has 10 heteroatoms. The molecule has 2 saturated heterocycles. The van der Waals surface area contributed by atoms with Gasteiger partial charge in [-0.3, -0.25) is 14.3 Å². The molecule has 1 atom stereocenters. The van der Waals surface area contributed by atoms with Gasteiger partial charge in [0.2, 0.25) is 5.91 Å². The van der Waals surface area contributed by atoms with E-state index >= 15 is 0 Å². The molecule has 5 rings (SSSR count). The molecule has 0 bridgehead atoms. The topological polar surface area (TPSA) is 101 Å². The van der Waals surface area contributed by atoms with Crippen LogP contribution in [-0.2, 0) is 11.8 Å². The lowest BCUT2D eigenvalue weighted by Gasteiger charge is -2.39. The average Bonchev–Trinajstić information content (AvgIpc) is 3.49. The van der Waals surface area contributed by atoms with Crippen molar-refractivity contribution < 1.29 is 14.0 Å². The molecule has 3 aromatic rings. The highest BCUT2D eigenvalue weighted by Crippen LogP contribution is 2.25. The van der Waals surface area contributed by atoms with E-state index in [1.165, 1.54) is 6.26 Å². The Morgan fingerprint density at radius 1 is 1.10 bits per heavy atom. The molecule has 0 aliphatic carbocycles. The lowest BCUT2D eigenvalue weighted by Crippen LogP contribution is -2.53. The summed E-state index contributed by atoms with van der Waals surface area (Å²) in [4.78, 5) is 40.4. The molecule has 3 aromatic heterocycles. The zero-order valence-electron chi connectivity index (χ0n) is 17.5. The maximum atomic E-state index is 13.2. The van der Waals surface area contributed by atoms with Crippen LogP contribution < -0.4 is 4.90 Å². The molecule has 10 nitrogen and oxygen atoms in total. The third-order valence-corrected chi connectivity index (χ3v) is 6.19. The molecule has 0 spiro atoms. The molecule has 2 fully saturated rings. The Morgan fingerprint density at radius 3 is 2.71 bits per heavy atom. The van der Waals surface area contributed by atoms with Crippen molar-refractivity contribution >= 4 is 28.7 Å². The van der Waals surface area contributed by atoms with E-state index in [2.05, 4.69) is 20.0 Å². The Labute approximate surface area is 179 Å². The number of anilines is 1. The van der Waals surface area contributed by atoms with Crippen LogP contribution in [0.2, 0.25) is 0 Å². The fraction of sp³-hybridized carbons (Fsp3) is 0.476. The van der Waals surface area contributed by atoms with Crippen molar-refractivity contribution in [2.45, 2.75) is 12.8 Å². The Balaban J connectivity index is 1.22. The standard InChI is InChI=1S/C21H25N7O3/c1-25-18-16(12-24-25)19(23-14-22-18)26-7-9-27(10-8-26)20(29)15-4-2-6-28(13-15)21(30)17-5-3-11-31-17/h3,5,11-12,14-15H,2,4,6-10,13H2,1H3. The Kier molecular flexibility index (Phi) is 5.05. The van der Waals surface area contributed by atoms with Crippen molar-refractivity contribution in [3.05, 3.63) is 36.7 Å². The zero-order chi connectivity index (χ0) is 21.4. The van der Waals surface area contributed by atoms with Gasteiger partial charge in [0.25, 0.3) is 5.91 Å². The summed E-state index contributed by atoms with van der Waals surface area (Å²) in [5.74, 6) is 1.01. The highest BCUT2D eigenvalue weighted by molar-refractivity contribution is 5.92. The molecule has 162 valence electrons. The number of carbonyl (C=O) groups excluding carboxylic acids is 2. The number of furan rings is 1. The first-order chi connectivity index (χ1) is 15.1. The van der Waals surface area contributed by atoms with Gasteiger partial charge in [-0.05, 0) is 25.0 Å². The number of fused-ring (bicyclic) bond motifs is 1. The second-order valence-corrected chi connectivity index (χ2v) is 8.08. The average molecular weight is 423 g/mol. The quantitative estimate of drug-likeness (QED) is 0.623. The zero-order valence-corrected chi connectivity index (χ0v) is 17.5. The highest BCUT2D eigenvalue weighted by atomic mass is 16.3. The number of aryl methyl sites for hydroxylation is 1. The lowest BCUT2D eigenvalue weighted by atomic mass is 9.96. The number of hydrogen-bond acceptors (Lipinski definition) is 7. The van der Waals surface area contributed by atoms with Gasteiger partial charge in [-0.25, -0.2) is 9.97 Å². The summed E-state index contributed by atoms with van der Waals surface area (Å²) >= 11 is 0. The largest absolute Gasteiger partial charge is 0.459 e. The Hall–Kier alpha value is -3.43. The number of rotatable bonds is 3. The number of piperazine rings is 1. The first kappa shape index (κ1) is 19.5. The predicted octanol–water partition coefficient (Wildman–Crippen LogP) is 1.16. The summed E-state index contributed by atoms with van der Waals surface area (Å²) in [7, 11) is 1.86. The second-order valence-electron chi connectivity index (χ2n) is 8.08. The minimum atomic E-state index is -0.164. The van der Waals surface area contributed by atoms with E-state index in [0.717, 1.165) is 29.7 Å². The Bertz CT molecular complexity index is 1090. The third-order valence-electron chi connectivity index (χ3n) is 6.19. The van der Waals surface area contributed by atoms with Crippen LogP contribution in [0.5, 0.6) is 0 Å². The van der Waals surface area contributed by atoms with Crippen LogP contribution in [0.15, 0.2) is 35.3 Å². The van der Waals surface area contributed by atoms with E-state index in [1.807, 2.05) is 11.9 Å². The molecule has 2 amide bonds. The maximum Gasteiger partial charge on any atom is 0.289 e. The minimum Gasteiger partial charge on any atom is -0.459 e. The first-order valence-corrected chi connectivity index (χ1v) is 10.6. The van der Waals surface area contributed by atoms with Crippen LogP contribution >= 0.6 is 0 Å². The summed E-state index contributed by atoms with van der Waals surface area (Å²) in [6.07, 6.45) is 6.47. The maximum absolute atomic E-state index is 13.2. The summed E-state index contributed by atoms with van der Waals surface area (Å²) in [6, 6.07) is 3.37. The fourth-order valence-electron chi connectivity index (χ4n) is 4.52. The molecule has 0 radical (unpaired) electrons. The number of piperidine rings is 1. The van der Waals surface area contributed by atoms with Gasteiger partial charge in [0, 0.05) is 46.3 Å². The molecular weight excluding hydrogens is 398 g/mol. The molecule has 31 heavy (non-hydrogen) atoms. The van der Waals surface area contributed by atoms with Gasteiger partial charge in [0.1, 0.15) is 12.1 Å². The van der Waals surface area contributed by atoms with Crippen molar-refractivity contribution in [3.63, 3.8) is 0 Å². The van der Waals surface area contributed by atoms with Crippen molar-refractivity contribution in [1.82, 2.24) is 29.5 Å². The third kappa shape index (κ3) is 3.62. The normalized spacial score (nSPS) is 19.8. The van der Waals surface area contributed by atoms with Crippen LogP contribution in [-0.4, -0.2) is 80.6 Å². The van der Waals surface area contributed by atoms with Crippen LogP contribution in [0.4, 0.5) is 5.82 Å². The van der Waals surface area contributed by atoms with Gasteiger partial charge in [0.15, 0.2) is 11.4 Å². The number of carbonyl (C=O) groups is 2. The Morgan fingerprint density at radius 2 is 1.94 bits per heavy atom. The molecule has 5 heterocycles. The molecule has 1 unspecified atom stereocenters. The van der Waals surface area contributed by atoms with Crippen LogP contribution in [0.25, 0.3) is 11.0 Å². The fourth-order valence-corrected chi connectivity index (χ4v) is 4.52. The van der Waals surface area contributed by atoms with Crippen LogP contribution in [0, 0.1) is 5.92 Å². The smallest absolute Gasteiger partial charge is 0.289 e. The van der Waals surface area contributed by atoms with E-state index < -0.39 is 0 Å². The van der Waals surface area contributed by atoms with E-state index in [0.29, 0.717) is 45.0 Å². The SMILES string of the molecule is Cn1ncc2c(N3CCN(C(=O)C4CCCN(C(=O)c5ccco5)C4)CC3)ncnc21. The van der Waals surface area contributed by atoms with Crippen molar-refractivity contribution in [2.24, 2.45) is 13.0 Å².